The molecule has 1 unspecified atom stereocenters. The van der Waals surface area contributed by atoms with Crippen LogP contribution in [0.15, 0.2) is 72.8 Å². The lowest BCUT2D eigenvalue weighted by Crippen LogP contribution is -2.49. The summed E-state index contributed by atoms with van der Waals surface area (Å²) in [5.74, 6) is -0.714. The van der Waals surface area contributed by atoms with Crippen molar-refractivity contribution in [2.75, 3.05) is 31.1 Å². The third-order valence-corrected chi connectivity index (χ3v) is 10.1. The number of hydrogen-bond donors (Lipinski definition) is 1. The molecular weight excluding hydrogens is 594 g/mol. The highest BCUT2D eigenvalue weighted by atomic mass is 16.6. The smallest absolute Gasteiger partial charge is 0.410 e. The summed E-state index contributed by atoms with van der Waals surface area (Å²) in [6.45, 7) is 4.93. The number of amides is 3. The number of Topliss-reactive ketones (excluding diaryl/α,β-unsaturated/α-hetero) is 1. The van der Waals surface area contributed by atoms with Gasteiger partial charge in [-0.3, -0.25) is 19.7 Å². The van der Waals surface area contributed by atoms with Gasteiger partial charge in [0, 0.05) is 83.0 Å². The number of anilines is 1. The van der Waals surface area contributed by atoms with Crippen molar-refractivity contribution >= 4 is 73.0 Å². The van der Waals surface area contributed by atoms with Crippen molar-refractivity contribution in [2.45, 2.75) is 32.5 Å². The Morgan fingerprint density at radius 3 is 1.91 bits per heavy atom. The van der Waals surface area contributed by atoms with Crippen LogP contribution in [0.25, 0.3) is 43.6 Å². The number of rotatable bonds is 3. The van der Waals surface area contributed by atoms with Crippen LogP contribution in [0.4, 0.5) is 10.5 Å². The van der Waals surface area contributed by atoms with Gasteiger partial charge in [-0.2, -0.15) is 0 Å². The number of benzene rings is 4. The molecule has 1 fully saturated rings. The first-order chi connectivity index (χ1) is 22.9. The van der Waals surface area contributed by atoms with E-state index in [1.54, 1.807) is 11.8 Å². The van der Waals surface area contributed by atoms with Gasteiger partial charge in [0.2, 0.25) is 0 Å². The van der Waals surface area contributed by atoms with E-state index in [0.717, 1.165) is 49.3 Å². The van der Waals surface area contributed by atoms with E-state index >= 15 is 0 Å². The van der Waals surface area contributed by atoms with E-state index in [-0.39, 0.29) is 23.7 Å². The van der Waals surface area contributed by atoms with E-state index in [0.29, 0.717) is 62.4 Å². The van der Waals surface area contributed by atoms with E-state index < -0.39 is 6.10 Å². The molecule has 9 rings (SSSR count). The highest BCUT2D eigenvalue weighted by molar-refractivity contribution is 6.39. The molecule has 0 spiro atoms. The van der Waals surface area contributed by atoms with Crippen LogP contribution in [-0.4, -0.2) is 70.0 Å². The molecule has 2 aromatic heterocycles. The Bertz CT molecular complexity index is 2340. The number of fused-ring (bicyclic) bond motifs is 9. The summed E-state index contributed by atoms with van der Waals surface area (Å²) in [6.07, 6.45) is -0.180. The van der Waals surface area contributed by atoms with E-state index in [1.165, 1.54) is 0 Å². The van der Waals surface area contributed by atoms with E-state index in [2.05, 4.69) is 19.4 Å². The number of piperazine rings is 1. The monoisotopic (exact) mass is 625 g/mol. The van der Waals surface area contributed by atoms with Gasteiger partial charge in [0.1, 0.15) is 6.10 Å². The largest absolute Gasteiger partial charge is 0.444 e. The van der Waals surface area contributed by atoms with E-state index in [4.69, 9.17) is 4.74 Å². The predicted molar refractivity (Wildman–Crippen MR) is 179 cm³/mol. The molecule has 10 nitrogen and oxygen atoms in total. The number of ether oxygens (including phenoxy) is 1. The van der Waals surface area contributed by atoms with Gasteiger partial charge in [0.25, 0.3) is 11.8 Å². The summed E-state index contributed by atoms with van der Waals surface area (Å²) in [5.41, 5.74) is 6.27. The van der Waals surface area contributed by atoms with E-state index in [9.17, 15) is 19.2 Å². The Morgan fingerprint density at radius 2 is 1.30 bits per heavy atom. The molecule has 10 heteroatoms. The van der Waals surface area contributed by atoms with Gasteiger partial charge in [0.05, 0.1) is 28.7 Å². The number of carbonyl (C=O) groups is 4. The van der Waals surface area contributed by atoms with Crippen LogP contribution >= 0.6 is 0 Å². The zero-order valence-electron chi connectivity index (χ0n) is 25.8. The molecular formula is C37H31N5O5. The maximum atomic E-state index is 13.6. The summed E-state index contributed by atoms with van der Waals surface area (Å²) < 4.78 is 10.7. The summed E-state index contributed by atoms with van der Waals surface area (Å²) in [7, 11) is 0. The fourth-order valence-corrected chi connectivity index (χ4v) is 7.90. The van der Waals surface area contributed by atoms with Gasteiger partial charge in [-0.25, -0.2) is 4.79 Å². The van der Waals surface area contributed by atoms with Crippen LogP contribution in [0, 0.1) is 0 Å². The van der Waals surface area contributed by atoms with E-state index in [1.807, 2.05) is 72.8 Å². The second-order valence-electron chi connectivity index (χ2n) is 12.6. The minimum atomic E-state index is -0.424. The number of carbonyl (C=O) groups excluding carboxylic acids is 4. The maximum absolute atomic E-state index is 13.6. The van der Waals surface area contributed by atoms with Gasteiger partial charge in [-0.1, -0.05) is 36.4 Å². The highest BCUT2D eigenvalue weighted by Crippen LogP contribution is 2.45. The van der Waals surface area contributed by atoms with Gasteiger partial charge in [-0.15, -0.1) is 0 Å². The Morgan fingerprint density at radius 1 is 0.723 bits per heavy atom. The van der Waals surface area contributed by atoms with Crippen LogP contribution in [-0.2, 0) is 17.8 Å². The molecule has 1 N–H and O–H groups in total. The maximum Gasteiger partial charge on any atom is 0.410 e. The van der Waals surface area contributed by atoms with Crippen LogP contribution in [0.3, 0.4) is 0 Å². The summed E-state index contributed by atoms with van der Waals surface area (Å²) in [5, 5.41) is 5.93. The molecule has 0 aliphatic carbocycles. The average molecular weight is 626 g/mol. The number of nitrogens with zero attached hydrogens (tertiary/aromatic N) is 4. The molecule has 0 saturated carbocycles. The van der Waals surface area contributed by atoms with Crippen molar-refractivity contribution in [3.8, 4) is 0 Å². The first-order valence-electron chi connectivity index (χ1n) is 16.0. The van der Waals surface area contributed by atoms with Crippen molar-refractivity contribution in [3.05, 3.63) is 89.5 Å². The lowest BCUT2D eigenvalue weighted by Gasteiger charge is -2.36. The number of hydrogen-bond acceptors (Lipinski definition) is 6. The lowest BCUT2D eigenvalue weighted by atomic mass is 9.96. The number of aryl methyl sites for hydroxylation is 1. The number of imide groups is 1. The van der Waals surface area contributed by atoms with Gasteiger partial charge >= 0.3 is 6.09 Å². The Balaban J connectivity index is 1.09. The quantitative estimate of drug-likeness (QED) is 0.199. The zero-order chi connectivity index (χ0) is 32.0. The fraction of sp³-hybridized carbons (Fsp3) is 0.243. The molecule has 6 aromatic rings. The molecule has 4 aromatic carbocycles. The summed E-state index contributed by atoms with van der Waals surface area (Å²) in [6, 6.07) is 23.5. The zero-order valence-corrected chi connectivity index (χ0v) is 25.8. The fourth-order valence-electron chi connectivity index (χ4n) is 7.90. The molecule has 3 aliphatic heterocycles. The van der Waals surface area contributed by atoms with Crippen molar-refractivity contribution in [1.29, 1.82) is 0 Å². The summed E-state index contributed by atoms with van der Waals surface area (Å²) in [4.78, 5) is 56.0. The van der Waals surface area contributed by atoms with Crippen LogP contribution in [0.2, 0.25) is 0 Å². The topological polar surface area (TPSA) is 106 Å². The third-order valence-electron chi connectivity index (χ3n) is 10.1. The number of nitrogens with one attached hydrogen (secondary N) is 1. The normalized spacial score (nSPS) is 17.9. The number of para-hydroxylation sites is 2. The Kier molecular flexibility index (Phi) is 5.99. The second-order valence-corrected chi connectivity index (χ2v) is 12.6. The van der Waals surface area contributed by atoms with Gasteiger partial charge < -0.3 is 23.7 Å². The standard InChI is InChI=1S/C37H31N5O5/c1-21(43)22-10-12-23(13-11-22)39-16-18-40(19-17-39)37(46)47-24-14-15-41-27-8-4-2-6-25(27)29-31-32(36(45)38-35(31)44)30-26-7-3-5-9-28(26)42(20-24)34(30)33(29)41/h2-13,24H,14-20H2,1H3,(H,38,44,45). The minimum Gasteiger partial charge on any atom is -0.444 e. The molecule has 3 aliphatic rings. The van der Waals surface area contributed by atoms with Crippen molar-refractivity contribution in [2.24, 2.45) is 0 Å². The minimum absolute atomic E-state index is 0.0364. The first-order valence-corrected chi connectivity index (χ1v) is 16.0. The molecule has 0 radical (unpaired) electrons. The van der Waals surface area contributed by atoms with Gasteiger partial charge in [-0.05, 0) is 43.3 Å². The second kappa shape index (κ2) is 10.2. The van der Waals surface area contributed by atoms with Crippen LogP contribution in [0.5, 0.6) is 0 Å². The van der Waals surface area contributed by atoms with Crippen LogP contribution in [0.1, 0.15) is 44.4 Å². The SMILES string of the molecule is CC(=O)c1ccc(N2CCN(C(=O)OC3CCn4c5ccccc5c5c6c(c7c8ccccc8n(c7c54)C3)C(=O)NC6=O)CC2)cc1. The van der Waals surface area contributed by atoms with Crippen molar-refractivity contribution in [1.82, 2.24) is 19.4 Å². The highest BCUT2D eigenvalue weighted by Gasteiger charge is 2.38. The van der Waals surface area contributed by atoms with Crippen molar-refractivity contribution in [3.63, 3.8) is 0 Å². The predicted octanol–water partition coefficient (Wildman–Crippen LogP) is 5.72. The Labute approximate surface area is 269 Å². The van der Waals surface area contributed by atoms with Crippen LogP contribution < -0.4 is 10.2 Å². The number of aromatic nitrogens is 2. The molecule has 234 valence electrons. The molecule has 3 amide bonds. The average Bonchev–Trinajstić information content (AvgIpc) is 3.69. The molecule has 1 saturated heterocycles. The Hall–Kier alpha value is -5.64. The third kappa shape index (κ3) is 4.03. The lowest BCUT2D eigenvalue weighted by molar-refractivity contribution is 0.0487. The van der Waals surface area contributed by atoms with Gasteiger partial charge in [0.15, 0.2) is 5.78 Å². The summed E-state index contributed by atoms with van der Waals surface area (Å²) >= 11 is 0. The molecule has 5 heterocycles. The molecule has 0 bridgehead atoms. The molecule has 47 heavy (non-hydrogen) atoms. The first kappa shape index (κ1) is 27.7. The number of ketones is 1. The molecule has 1 atom stereocenters. The van der Waals surface area contributed by atoms with Crippen molar-refractivity contribution < 1.29 is 23.9 Å².